The summed E-state index contributed by atoms with van der Waals surface area (Å²) in [6, 6.07) is 2.22. The zero-order valence-corrected chi connectivity index (χ0v) is 7.95. The first kappa shape index (κ1) is 6.60. The van der Waals surface area contributed by atoms with Crippen molar-refractivity contribution in [2.45, 2.75) is 13.3 Å². The van der Waals surface area contributed by atoms with Crippen LogP contribution in [0.1, 0.15) is 11.4 Å². The molecular formula is C6H7BrSe. The third kappa shape index (κ3) is 1.48. The summed E-state index contributed by atoms with van der Waals surface area (Å²) in [7, 11) is 0. The van der Waals surface area contributed by atoms with Crippen molar-refractivity contribution in [1.29, 1.82) is 0 Å². The van der Waals surface area contributed by atoms with Crippen LogP contribution in [0.25, 0.3) is 0 Å². The second kappa shape index (κ2) is 2.86. The number of aryl methyl sites for hydroxylation is 1. The zero-order chi connectivity index (χ0) is 5.98. The Morgan fingerprint density at radius 2 is 2.50 bits per heavy atom. The minimum atomic E-state index is 0.660. The van der Waals surface area contributed by atoms with Gasteiger partial charge in [0.15, 0.2) is 0 Å². The van der Waals surface area contributed by atoms with Crippen molar-refractivity contribution in [3.8, 4) is 0 Å². The van der Waals surface area contributed by atoms with E-state index in [0.717, 1.165) is 0 Å². The summed E-state index contributed by atoms with van der Waals surface area (Å²) in [5, 5.41) is 0. The van der Waals surface area contributed by atoms with Gasteiger partial charge >= 0.3 is 63.7 Å². The van der Waals surface area contributed by atoms with Crippen LogP contribution in [0.4, 0.5) is 0 Å². The Hall–Kier alpha value is 0.479. The molecule has 0 bridgehead atoms. The van der Waals surface area contributed by atoms with Crippen LogP contribution in [0.3, 0.4) is 0 Å². The molecule has 0 unspecified atom stereocenters. The van der Waals surface area contributed by atoms with E-state index in [4.69, 9.17) is 0 Å². The van der Waals surface area contributed by atoms with E-state index in [1.54, 1.807) is 4.44 Å². The quantitative estimate of drug-likeness (QED) is 0.657. The third-order valence-corrected chi connectivity index (χ3v) is 4.38. The van der Waals surface area contributed by atoms with Gasteiger partial charge in [-0.2, -0.15) is 0 Å². The SMILES string of the molecule is CCc1cc(Br)c[se]1. The molecule has 0 radical (unpaired) electrons. The van der Waals surface area contributed by atoms with Crippen LogP contribution in [0.2, 0.25) is 0 Å². The zero-order valence-electron chi connectivity index (χ0n) is 4.65. The molecule has 1 heterocycles. The fraction of sp³-hybridized carbons (Fsp3) is 0.333. The number of hydrogen-bond donors (Lipinski definition) is 0. The topological polar surface area (TPSA) is 0 Å². The summed E-state index contributed by atoms with van der Waals surface area (Å²) in [6.07, 6.45) is 1.21. The van der Waals surface area contributed by atoms with E-state index in [1.807, 2.05) is 0 Å². The molecule has 0 atom stereocenters. The Kier molecular flexibility index (Phi) is 2.36. The Balaban J connectivity index is 2.84. The van der Waals surface area contributed by atoms with Gasteiger partial charge in [0.25, 0.3) is 0 Å². The van der Waals surface area contributed by atoms with Crippen molar-refractivity contribution < 1.29 is 0 Å². The standard InChI is InChI=1S/C6H7BrSe/c1-2-6-3-5(7)4-8-6/h3-4H,2H2,1H3. The first-order valence-electron chi connectivity index (χ1n) is 2.56. The van der Waals surface area contributed by atoms with Gasteiger partial charge < -0.3 is 0 Å². The molecule has 0 N–H and O–H groups in total. The molecule has 0 aliphatic carbocycles. The molecule has 0 saturated carbocycles. The summed E-state index contributed by atoms with van der Waals surface area (Å²) in [6.45, 7) is 2.20. The fourth-order valence-corrected chi connectivity index (χ4v) is 3.10. The Bertz CT molecular complexity index is 169. The van der Waals surface area contributed by atoms with Gasteiger partial charge in [-0.15, -0.1) is 0 Å². The summed E-state index contributed by atoms with van der Waals surface area (Å²) in [4.78, 5) is 2.26. The first-order chi connectivity index (χ1) is 3.83. The summed E-state index contributed by atoms with van der Waals surface area (Å²) < 4.78 is 2.86. The van der Waals surface area contributed by atoms with E-state index in [1.165, 1.54) is 10.9 Å². The molecule has 44 valence electrons. The van der Waals surface area contributed by atoms with Crippen molar-refractivity contribution in [3.63, 3.8) is 0 Å². The second-order valence-electron chi connectivity index (χ2n) is 1.58. The maximum atomic E-state index is 3.42. The van der Waals surface area contributed by atoms with E-state index < -0.39 is 0 Å². The Morgan fingerprint density at radius 1 is 1.75 bits per heavy atom. The molecule has 0 fully saturated rings. The van der Waals surface area contributed by atoms with Crippen molar-refractivity contribution in [2.24, 2.45) is 0 Å². The van der Waals surface area contributed by atoms with Crippen LogP contribution in [0.5, 0.6) is 0 Å². The molecule has 0 nitrogen and oxygen atoms in total. The molecule has 0 amide bonds. The van der Waals surface area contributed by atoms with Crippen LogP contribution in [0, 0.1) is 0 Å². The van der Waals surface area contributed by atoms with Crippen LogP contribution in [-0.4, -0.2) is 14.5 Å². The van der Waals surface area contributed by atoms with Crippen LogP contribution >= 0.6 is 15.9 Å². The summed E-state index contributed by atoms with van der Waals surface area (Å²) in [5.41, 5.74) is 0. The summed E-state index contributed by atoms with van der Waals surface area (Å²) >= 11 is 4.08. The van der Waals surface area contributed by atoms with Gasteiger partial charge in [-0.3, -0.25) is 0 Å². The number of halogens is 1. The molecule has 0 saturated heterocycles. The molecule has 8 heavy (non-hydrogen) atoms. The second-order valence-corrected chi connectivity index (χ2v) is 4.59. The number of hydrogen-bond acceptors (Lipinski definition) is 0. The van der Waals surface area contributed by atoms with Gasteiger partial charge in [-0.1, -0.05) is 0 Å². The van der Waals surface area contributed by atoms with Crippen molar-refractivity contribution in [2.75, 3.05) is 0 Å². The van der Waals surface area contributed by atoms with Gasteiger partial charge in [0, 0.05) is 0 Å². The molecule has 1 aromatic rings. The molecule has 2 heteroatoms. The number of rotatable bonds is 1. The van der Waals surface area contributed by atoms with Crippen LogP contribution in [-0.2, 0) is 6.42 Å². The Labute approximate surface area is 63.8 Å². The predicted octanol–water partition coefficient (Wildman–Crippen LogP) is 2.07. The minimum absolute atomic E-state index is 0.660. The van der Waals surface area contributed by atoms with Crippen molar-refractivity contribution in [3.05, 3.63) is 19.9 Å². The normalized spacial score (nSPS) is 9.75. The van der Waals surface area contributed by atoms with Gasteiger partial charge in [-0.25, -0.2) is 0 Å². The van der Waals surface area contributed by atoms with Gasteiger partial charge in [0.2, 0.25) is 0 Å². The van der Waals surface area contributed by atoms with Crippen LogP contribution < -0.4 is 0 Å². The van der Waals surface area contributed by atoms with Gasteiger partial charge in [-0.05, 0) is 0 Å². The molecule has 0 aromatic carbocycles. The van der Waals surface area contributed by atoms with Crippen molar-refractivity contribution in [1.82, 2.24) is 0 Å². The predicted molar refractivity (Wildman–Crippen MR) is 40.5 cm³/mol. The average Bonchev–Trinajstić information content (AvgIpc) is 2.14. The first-order valence-corrected chi connectivity index (χ1v) is 5.19. The van der Waals surface area contributed by atoms with E-state index in [-0.39, 0.29) is 0 Å². The van der Waals surface area contributed by atoms with Crippen molar-refractivity contribution >= 4 is 30.4 Å². The molecule has 0 spiro atoms. The average molecular weight is 238 g/mol. The third-order valence-electron chi connectivity index (χ3n) is 0.970. The van der Waals surface area contributed by atoms with Crippen LogP contribution in [0.15, 0.2) is 15.5 Å². The molecule has 1 aromatic heterocycles. The molecular weight excluding hydrogens is 231 g/mol. The maximum absolute atomic E-state index is 3.42. The fourth-order valence-electron chi connectivity index (χ4n) is 0.539. The molecule has 0 aliphatic rings. The molecule has 0 aliphatic heterocycles. The van der Waals surface area contributed by atoms with E-state index in [2.05, 4.69) is 33.9 Å². The monoisotopic (exact) mass is 238 g/mol. The van der Waals surface area contributed by atoms with E-state index in [9.17, 15) is 0 Å². The molecule has 1 rings (SSSR count). The van der Waals surface area contributed by atoms with E-state index in [0.29, 0.717) is 14.5 Å². The van der Waals surface area contributed by atoms with E-state index >= 15 is 0 Å². The summed E-state index contributed by atoms with van der Waals surface area (Å²) in [5.74, 6) is 0. The Morgan fingerprint density at radius 3 is 2.75 bits per heavy atom. The van der Waals surface area contributed by atoms with Gasteiger partial charge in [0.05, 0.1) is 0 Å². The van der Waals surface area contributed by atoms with Gasteiger partial charge in [0.1, 0.15) is 0 Å².